The maximum absolute atomic E-state index is 13.3. The smallest absolute Gasteiger partial charge is 0.331 e. The van der Waals surface area contributed by atoms with Gasteiger partial charge in [-0.1, -0.05) is 31.9 Å². The Kier molecular flexibility index (Phi) is 6.23. The molecule has 0 spiro atoms. The molecule has 1 atom stereocenters. The van der Waals surface area contributed by atoms with Crippen molar-refractivity contribution in [3.05, 3.63) is 41.3 Å². The highest BCUT2D eigenvalue weighted by Crippen LogP contribution is 2.37. The Hall–Kier alpha value is -2.54. The zero-order chi connectivity index (χ0) is 20.7. The van der Waals surface area contributed by atoms with Crippen LogP contribution >= 0.6 is 12.4 Å². The molecular weight excluding hydrogens is 414 g/mol. The number of urea groups is 1. The Balaban J connectivity index is 0.00000231. The summed E-state index contributed by atoms with van der Waals surface area (Å²) >= 11 is 0. The number of rotatable bonds is 6. The lowest BCUT2D eigenvalue weighted by Crippen LogP contribution is -2.50. The molecule has 31 heavy (non-hydrogen) atoms. The molecule has 1 unspecified atom stereocenters. The number of hydrogen-bond donors (Lipinski definition) is 1. The second kappa shape index (κ2) is 8.91. The summed E-state index contributed by atoms with van der Waals surface area (Å²) in [6, 6.07) is 8.14. The molecular formula is C23H30ClN5O2. The van der Waals surface area contributed by atoms with Crippen LogP contribution in [0.4, 0.5) is 10.6 Å². The van der Waals surface area contributed by atoms with Crippen molar-refractivity contribution < 1.29 is 9.53 Å². The van der Waals surface area contributed by atoms with Crippen LogP contribution in [0.5, 0.6) is 5.75 Å². The molecule has 0 bridgehead atoms. The third-order valence-electron chi connectivity index (χ3n) is 6.42. The second-order valence-corrected chi connectivity index (χ2v) is 8.51. The van der Waals surface area contributed by atoms with Crippen molar-refractivity contribution in [3.63, 3.8) is 0 Å². The molecule has 3 aliphatic rings. The van der Waals surface area contributed by atoms with Gasteiger partial charge in [0.2, 0.25) is 0 Å². The van der Waals surface area contributed by atoms with E-state index in [1.807, 2.05) is 21.9 Å². The number of aromatic nitrogens is 2. The fraction of sp³-hybridized carbons (Fsp3) is 0.522. The lowest BCUT2D eigenvalue weighted by molar-refractivity contribution is 0.226. The van der Waals surface area contributed by atoms with Gasteiger partial charge in [-0.05, 0) is 43.4 Å². The van der Waals surface area contributed by atoms with Crippen LogP contribution in [-0.4, -0.2) is 53.0 Å². The van der Waals surface area contributed by atoms with Crippen LogP contribution in [0.3, 0.4) is 0 Å². The van der Waals surface area contributed by atoms with Gasteiger partial charge in [0.05, 0.1) is 19.7 Å². The Labute approximate surface area is 189 Å². The zero-order valence-electron chi connectivity index (χ0n) is 18.1. The van der Waals surface area contributed by atoms with Crippen LogP contribution in [0.1, 0.15) is 62.0 Å². The summed E-state index contributed by atoms with van der Waals surface area (Å²) in [7, 11) is 1.67. The molecule has 3 heterocycles. The summed E-state index contributed by atoms with van der Waals surface area (Å²) in [5.41, 5.74) is 2.11. The number of benzene rings is 1. The van der Waals surface area contributed by atoms with Gasteiger partial charge < -0.3 is 9.72 Å². The first-order valence-corrected chi connectivity index (χ1v) is 11.1. The minimum absolute atomic E-state index is 0. The third kappa shape index (κ3) is 3.91. The molecule has 1 saturated carbocycles. The molecule has 7 nitrogen and oxygen atoms in total. The SMILES string of the molecule is CCCN1C(=O)N2CC(Cc3ccc(OC)cc3)N=C2c2[nH]c(C3CCCC3)nc21.Cl. The van der Waals surface area contributed by atoms with Crippen LogP contribution in [0.2, 0.25) is 0 Å². The molecule has 1 aromatic heterocycles. The van der Waals surface area contributed by atoms with Gasteiger partial charge in [-0.25, -0.2) is 9.78 Å². The fourth-order valence-corrected chi connectivity index (χ4v) is 4.88. The highest BCUT2D eigenvalue weighted by molar-refractivity contribution is 6.18. The minimum atomic E-state index is 0. The van der Waals surface area contributed by atoms with Gasteiger partial charge in [0.1, 0.15) is 17.3 Å². The van der Waals surface area contributed by atoms with E-state index >= 15 is 0 Å². The number of aromatic amines is 1. The first kappa shape index (κ1) is 21.7. The number of anilines is 1. The number of imidazole rings is 1. The molecule has 1 aromatic carbocycles. The van der Waals surface area contributed by atoms with E-state index in [2.05, 4.69) is 24.0 Å². The van der Waals surface area contributed by atoms with Crippen LogP contribution in [0, 0.1) is 0 Å². The number of methoxy groups -OCH3 is 1. The zero-order valence-corrected chi connectivity index (χ0v) is 19.0. The molecule has 1 aliphatic carbocycles. The molecule has 0 radical (unpaired) electrons. The largest absolute Gasteiger partial charge is 0.497 e. The average molecular weight is 444 g/mol. The average Bonchev–Trinajstić information content (AvgIpc) is 3.50. The van der Waals surface area contributed by atoms with Crippen LogP contribution in [-0.2, 0) is 6.42 Å². The molecule has 1 N–H and O–H groups in total. The Morgan fingerprint density at radius 1 is 1.19 bits per heavy atom. The van der Waals surface area contributed by atoms with Crippen molar-refractivity contribution in [1.29, 1.82) is 0 Å². The van der Waals surface area contributed by atoms with Gasteiger partial charge in [0.25, 0.3) is 0 Å². The van der Waals surface area contributed by atoms with E-state index in [0.29, 0.717) is 19.0 Å². The van der Waals surface area contributed by atoms with Crippen LogP contribution < -0.4 is 9.64 Å². The summed E-state index contributed by atoms with van der Waals surface area (Å²) < 4.78 is 5.25. The van der Waals surface area contributed by atoms with E-state index in [1.54, 1.807) is 7.11 Å². The number of carbonyl (C=O) groups excluding carboxylic acids is 1. The maximum atomic E-state index is 13.3. The standard InChI is InChI=1S/C23H29N5O2.ClH/c1-3-12-27-22-19(25-20(26-22)16-6-4-5-7-16)21-24-17(14-28(21)23(27)29)13-15-8-10-18(30-2)11-9-15;/h8-11,16-17H,3-7,12-14H2,1-2H3,(H,25,26);1H. The van der Waals surface area contributed by atoms with Gasteiger partial charge in [0, 0.05) is 12.5 Å². The topological polar surface area (TPSA) is 73.8 Å². The Bertz CT molecular complexity index is 965. The number of ether oxygens (including phenoxy) is 1. The number of halogens is 1. The van der Waals surface area contributed by atoms with E-state index in [1.165, 1.54) is 31.2 Å². The number of carbonyl (C=O) groups is 1. The van der Waals surface area contributed by atoms with Crippen molar-refractivity contribution in [2.24, 2.45) is 4.99 Å². The summed E-state index contributed by atoms with van der Waals surface area (Å²) in [6.45, 7) is 3.38. The molecule has 166 valence electrons. The first-order chi connectivity index (χ1) is 14.7. The molecule has 1 fully saturated rings. The lowest BCUT2D eigenvalue weighted by Gasteiger charge is -2.32. The third-order valence-corrected chi connectivity index (χ3v) is 6.42. The monoisotopic (exact) mass is 443 g/mol. The van der Waals surface area contributed by atoms with Crippen molar-refractivity contribution in [3.8, 4) is 5.75 Å². The van der Waals surface area contributed by atoms with Crippen molar-refractivity contribution in [2.75, 3.05) is 25.1 Å². The van der Waals surface area contributed by atoms with Crippen molar-refractivity contribution in [1.82, 2.24) is 14.9 Å². The van der Waals surface area contributed by atoms with Crippen LogP contribution in [0.25, 0.3) is 0 Å². The van der Waals surface area contributed by atoms with E-state index in [9.17, 15) is 4.79 Å². The summed E-state index contributed by atoms with van der Waals surface area (Å²) in [5, 5.41) is 0. The van der Waals surface area contributed by atoms with Gasteiger partial charge in [0.15, 0.2) is 11.7 Å². The van der Waals surface area contributed by atoms with E-state index in [-0.39, 0.29) is 24.5 Å². The quantitative estimate of drug-likeness (QED) is 0.713. The minimum Gasteiger partial charge on any atom is -0.497 e. The van der Waals surface area contributed by atoms with Crippen LogP contribution in [0.15, 0.2) is 29.3 Å². The predicted octanol–water partition coefficient (Wildman–Crippen LogP) is 4.52. The van der Waals surface area contributed by atoms with E-state index in [0.717, 1.165) is 41.8 Å². The summed E-state index contributed by atoms with van der Waals surface area (Å²) in [6.07, 6.45) is 6.54. The molecule has 2 amide bonds. The lowest BCUT2D eigenvalue weighted by atomic mass is 10.1. The molecule has 8 heteroatoms. The number of amides is 2. The number of amidine groups is 1. The number of fused-ring (bicyclic) bond motifs is 3. The van der Waals surface area contributed by atoms with Gasteiger partial charge in [-0.2, -0.15) is 0 Å². The Morgan fingerprint density at radius 3 is 2.61 bits per heavy atom. The molecule has 2 aromatic rings. The summed E-state index contributed by atoms with van der Waals surface area (Å²) in [5.74, 6) is 3.87. The second-order valence-electron chi connectivity index (χ2n) is 8.51. The Morgan fingerprint density at radius 2 is 1.94 bits per heavy atom. The highest BCUT2D eigenvalue weighted by Gasteiger charge is 2.42. The molecule has 2 aliphatic heterocycles. The van der Waals surface area contributed by atoms with E-state index < -0.39 is 0 Å². The van der Waals surface area contributed by atoms with Gasteiger partial charge in [-0.3, -0.25) is 14.8 Å². The summed E-state index contributed by atoms with van der Waals surface area (Å²) in [4.78, 5) is 30.4. The van der Waals surface area contributed by atoms with E-state index in [4.69, 9.17) is 14.7 Å². The normalized spacial score (nSPS) is 20.4. The predicted molar refractivity (Wildman–Crippen MR) is 124 cm³/mol. The number of nitrogens with zero attached hydrogens (tertiary/aromatic N) is 4. The number of aliphatic imine (C=N–C) groups is 1. The van der Waals surface area contributed by atoms with Gasteiger partial charge in [-0.15, -0.1) is 12.4 Å². The fourth-order valence-electron chi connectivity index (χ4n) is 4.88. The number of nitrogens with one attached hydrogen (secondary N) is 1. The first-order valence-electron chi connectivity index (χ1n) is 11.1. The van der Waals surface area contributed by atoms with Gasteiger partial charge >= 0.3 is 6.03 Å². The number of H-pyrrole nitrogens is 1. The maximum Gasteiger partial charge on any atom is 0.331 e. The highest BCUT2D eigenvalue weighted by atomic mass is 35.5. The van der Waals surface area contributed by atoms with Crippen molar-refractivity contribution in [2.45, 2.75) is 57.4 Å². The molecule has 0 saturated heterocycles. The number of hydrogen-bond acceptors (Lipinski definition) is 4. The van der Waals surface area contributed by atoms with Crippen molar-refractivity contribution >= 4 is 30.1 Å². The molecule has 5 rings (SSSR count).